The van der Waals surface area contributed by atoms with Crippen LogP contribution in [0, 0.1) is 5.92 Å². The van der Waals surface area contributed by atoms with Crippen LogP contribution in [-0.2, 0) is 11.2 Å². The van der Waals surface area contributed by atoms with Gasteiger partial charge in [0.05, 0.1) is 6.04 Å². The molecular formula is C17H24N6O2. The number of aromatic nitrogens is 4. The summed E-state index contributed by atoms with van der Waals surface area (Å²) in [5.74, 6) is 1.75. The van der Waals surface area contributed by atoms with Crippen molar-refractivity contribution in [1.29, 1.82) is 0 Å². The number of carbonyl (C=O) groups is 1. The van der Waals surface area contributed by atoms with Gasteiger partial charge in [-0.1, -0.05) is 12.1 Å². The van der Waals surface area contributed by atoms with E-state index in [4.69, 9.17) is 4.52 Å². The summed E-state index contributed by atoms with van der Waals surface area (Å²) in [5, 5.41) is 6.81. The number of anilines is 1. The first-order valence-electron chi connectivity index (χ1n) is 8.81. The van der Waals surface area contributed by atoms with Crippen molar-refractivity contribution in [2.24, 2.45) is 5.92 Å². The topological polar surface area (TPSA) is 97.0 Å². The molecule has 1 saturated heterocycles. The summed E-state index contributed by atoms with van der Waals surface area (Å²) < 4.78 is 5.39. The highest BCUT2D eigenvalue weighted by atomic mass is 16.5. The van der Waals surface area contributed by atoms with Crippen molar-refractivity contribution < 1.29 is 9.32 Å². The molecule has 1 fully saturated rings. The quantitative estimate of drug-likeness (QED) is 0.858. The van der Waals surface area contributed by atoms with Gasteiger partial charge in [-0.05, 0) is 45.3 Å². The van der Waals surface area contributed by atoms with E-state index in [0.717, 1.165) is 44.6 Å². The van der Waals surface area contributed by atoms with Gasteiger partial charge in [-0.25, -0.2) is 9.97 Å². The third-order valence-electron chi connectivity index (χ3n) is 4.56. The van der Waals surface area contributed by atoms with E-state index in [1.807, 2.05) is 0 Å². The number of likely N-dealkylation sites (tertiary alicyclic amines) is 1. The van der Waals surface area contributed by atoms with Crippen LogP contribution in [0.4, 0.5) is 5.95 Å². The molecule has 2 aromatic heterocycles. The maximum Gasteiger partial charge on any atom is 0.243 e. The zero-order valence-corrected chi connectivity index (χ0v) is 14.7. The lowest BCUT2D eigenvalue weighted by Crippen LogP contribution is -2.39. The fraction of sp³-hybridized carbons (Fsp3) is 0.588. The van der Waals surface area contributed by atoms with Crippen molar-refractivity contribution in [3.63, 3.8) is 0 Å². The molecule has 0 aliphatic carbocycles. The van der Waals surface area contributed by atoms with Crippen LogP contribution in [0.1, 0.15) is 50.9 Å². The summed E-state index contributed by atoms with van der Waals surface area (Å²) in [6.45, 7) is 5.80. The Kier molecular flexibility index (Phi) is 5.70. The maximum absolute atomic E-state index is 12.3. The Bertz CT molecular complexity index is 681. The Labute approximate surface area is 147 Å². The summed E-state index contributed by atoms with van der Waals surface area (Å²) in [4.78, 5) is 27.2. The van der Waals surface area contributed by atoms with E-state index in [1.165, 1.54) is 0 Å². The van der Waals surface area contributed by atoms with E-state index in [1.54, 1.807) is 18.5 Å². The molecule has 134 valence electrons. The van der Waals surface area contributed by atoms with Crippen LogP contribution in [0.3, 0.4) is 0 Å². The van der Waals surface area contributed by atoms with Gasteiger partial charge in [0.2, 0.25) is 17.7 Å². The Balaban J connectivity index is 1.51. The molecule has 1 aliphatic rings. The van der Waals surface area contributed by atoms with Gasteiger partial charge in [0.25, 0.3) is 0 Å². The largest absolute Gasteiger partial charge is 0.338 e. The first kappa shape index (κ1) is 17.5. The number of amides is 1. The average Bonchev–Trinajstić information content (AvgIpc) is 3.11. The van der Waals surface area contributed by atoms with Gasteiger partial charge in [0, 0.05) is 24.7 Å². The molecule has 1 N–H and O–H groups in total. The summed E-state index contributed by atoms with van der Waals surface area (Å²) >= 11 is 0. The Morgan fingerprint density at radius 2 is 2.08 bits per heavy atom. The highest BCUT2D eigenvalue weighted by molar-refractivity contribution is 5.90. The average molecular weight is 344 g/mol. The second-order valence-electron chi connectivity index (χ2n) is 6.35. The Hall–Kier alpha value is -2.35. The number of carbonyl (C=O) groups excluding carboxylic acids is 1. The molecule has 1 amide bonds. The second kappa shape index (κ2) is 8.15. The molecule has 3 heterocycles. The number of hydrogen-bond acceptors (Lipinski definition) is 7. The summed E-state index contributed by atoms with van der Waals surface area (Å²) in [6, 6.07) is 1.79. The van der Waals surface area contributed by atoms with Crippen molar-refractivity contribution in [2.75, 3.05) is 18.4 Å². The standard InChI is InChI=1S/C17H24N6O2/c1-3-5-14-20-16(25-22-14)12(2)23-10-6-13(7-11-23)15(24)21-17-18-8-4-9-19-17/h4,8-9,12-13H,3,5-7,10-11H2,1-2H3,(H,18,19,21,24)/t12-/m0/s1. The van der Waals surface area contributed by atoms with Crippen molar-refractivity contribution in [3.8, 4) is 0 Å². The third-order valence-corrected chi connectivity index (χ3v) is 4.56. The number of aryl methyl sites for hydroxylation is 1. The summed E-state index contributed by atoms with van der Waals surface area (Å²) in [6.07, 6.45) is 6.64. The van der Waals surface area contributed by atoms with E-state index in [9.17, 15) is 4.79 Å². The van der Waals surface area contributed by atoms with Gasteiger partial charge < -0.3 is 4.52 Å². The van der Waals surface area contributed by atoms with E-state index in [-0.39, 0.29) is 17.9 Å². The Morgan fingerprint density at radius 3 is 2.76 bits per heavy atom. The number of nitrogens with one attached hydrogen (secondary N) is 1. The first-order chi connectivity index (χ1) is 12.2. The number of rotatable bonds is 6. The molecular weight excluding hydrogens is 320 g/mol. The van der Waals surface area contributed by atoms with Gasteiger partial charge in [-0.2, -0.15) is 4.98 Å². The molecule has 25 heavy (non-hydrogen) atoms. The number of nitrogens with zero attached hydrogens (tertiary/aromatic N) is 5. The third kappa shape index (κ3) is 4.39. The minimum atomic E-state index is -0.0226. The number of hydrogen-bond donors (Lipinski definition) is 1. The van der Waals surface area contributed by atoms with Crippen LogP contribution in [0.5, 0.6) is 0 Å². The SMILES string of the molecule is CCCc1noc([C@H](C)N2CCC(C(=O)Nc3ncccn3)CC2)n1. The van der Waals surface area contributed by atoms with Crippen LogP contribution < -0.4 is 5.32 Å². The van der Waals surface area contributed by atoms with E-state index >= 15 is 0 Å². The molecule has 0 spiro atoms. The van der Waals surface area contributed by atoms with E-state index < -0.39 is 0 Å². The smallest absolute Gasteiger partial charge is 0.243 e. The van der Waals surface area contributed by atoms with Gasteiger partial charge >= 0.3 is 0 Å². The van der Waals surface area contributed by atoms with Gasteiger partial charge in [-0.3, -0.25) is 15.0 Å². The predicted molar refractivity (Wildman–Crippen MR) is 91.7 cm³/mol. The molecule has 0 unspecified atom stereocenters. The first-order valence-corrected chi connectivity index (χ1v) is 8.81. The van der Waals surface area contributed by atoms with Crippen LogP contribution >= 0.6 is 0 Å². The lowest BCUT2D eigenvalue weighted by molar-refractivity contribution is -0.121. The lowest BCUT2D eigenvalue weighted by Gasteiger charge is -2.33. The molecule has 0 bridgehead atoms. The normalized spacial score (nSPS) is 17.4. The van der Waals surface area contributed by atoms with E-state index in [2.05, 4.69) is 44.2 Å². The minimum Gasteiger partial charge on any atom is -0.338 e. The molecule has 8 nitrogen and oxygen atoms in total. The monoisotopic (exact) mass is 344 g/mol. The molecule has 1 atom stereocenters. The fourth-order valence-corrected chi connectivity index (χ4v) is 3.04. The maximum atomic E-state index is 12.3. The van der Waals surface area contributed by atoms with Crippen LogP contribution in [0.15, 0.2) is 23.0 Å². The summed E-state index contributed by atoms with van der Waals surface area (Å²) in [7, 11) is 0. The van der Waals surface area contributed by atoms with Crippen molar-refractivity contribution in [3.05, 3.63) is 30.2 Å². The van der Waals surface area contributed by atoms with Crippen LogP contribution in [-0.4, -0.2) is 44.0 Å². The van der Waals surface area contributed by atoms with Crippen molar-refractivity contribution in [2.45, 2.75) is 45.6 Å². The van der Waals surface area contributed by atoms with Gasteiger partial charge in [0.1, 0.15) is 0 Å². The van der Waals surface area contributed by atoms with Gasteiger partial charge in [0.15, 0.2) is 5.82 Å². The molecule has 8 heteroatoms. The molecule has 1 aliphatic heterocycles. The second-order valence-corrected chi connectivity index (χ2v) is 6.35. The molecule has 0 aromatic carbocycles. The van der Waals surface area contributed by atoms with Crippen molar-refractivity contribution >= 4 is 11.9 Å². The van der Waals surface area contributed by atoms with E-state index in [0.29, 0.717) is 11.8 Å². The fourth-order valence-electron chi connectivity index (χ4n) is 3.04. The minimum absolute atomic E-state index is 0.0125. The zero-order chi connectivity index (χ0) is 17.6. The van der Waals surface area contributed by atoms with Crippen LogP contribution in [0.2, 0.25) is 0 Å². The number of piperidine rings is 1. The lowest BCUT2D eigenvalue weighted by atomic mass is 9.95. The zero-order valence-electron chi connectivity index (χ0n) is 14.7. The highest BCUT2D eigenvalue weighted by Crippen LogP contribution is 2.26. The molecule has 2 aromatic rings. The predicted octanol–water partition coefficient (Wildman–Crippen LogP) is 2.22. The van der Waals surface area contributed by atoms with Crippen LogP contribution in [0.25, 0.3) is 0 Å². The van der Waals surface area contributed by atoms with Gasteiger partial charge in [-0.15, -0.1) is 0 Å². The highest BCUT2D eigenvalue weighted by Gasteiger charge is 2.30. The molecule has 3 rings (SSSR count). The van der Waals surface area contributed by atoms with Crippen molar-refractivity contribution in [1.82, 2.24) is 25.0 Å². The Morgan fingerprint density at radius 1 is 1.36 bits per heavy atom. The molecule has 0 saturated carbocycles. The molecule has 0 radical (unpaired) electrons. The summed E-state index contributed by atoms with van der Waals surface area (Å²) in [5.41, 5.74) is 0.